The van der Waals surface area contributed by atoms with E-state index in [2.05, 4.69) is 201 Å². The third kappa shape index (κ3) is 5.80. The van der Waals surface area contributed by atoms with Crippen molar-refractivity contribution in [3.63, 3.8) is 0 Å². The summed E-state index contributed by atoms with van der Waals surface area (Å²) < 4.78 is 7.29. The fourth-order valence-electron chi connectivity index (χ4n) is 8.75. The second-order valence-electron chi connectivity index (χ2n) is 20.3. The molecule has 3 heterocycles. The lowest BCUT2D eigenvalue weighted by atomic mass is 9.85. The molecule has 9 rings (SSSR count). The fraction of sp³-hybridized carbons (Fsp3) is 0.302. The number of benzene rings is 6. The van der Waals surface area contributed by atoms with Crippen LogP contribution in [0.3, 0.4) is 0 Å². The largest absolute Gasteiger partial charge is 0.306 e. The van der Waals surface area contributed by atoms with Gasteiger partial charge in [-0.3, -0.25) is 0 Å². The Kier molecular flexibility index (Phi) is 8.04. The zero-order valence-electron chi connectivity index (χ0n) is 35.6. The summed E-state index contributed by atoms with van der Waals surface area (Å²) in [7, 11) is 0. The van der Waals surface area contributed by atoms with Gasteiger partial charge in [-0.15, -0.1) is 11.3 Å². The van der Waals surface area contributed by atoms with Crippen LogP contribution in [0.4, 0.5) is 0 Å². The average molecular weight is 764 g/mol. The summed E-state index contributed by atoms with van der Waals surface area (Å²) in [6.45, 7) is 27.5. The fourth-order valence-corrected chi connectivity index (χ4v) is 9.96. The number of aromatic nitrogens is 2. The minimum absolute atomic E-state index is 0.0182. The van der Waals surface area contributed by atoms with Crippen LogP contribution >= 0.6 is 11.3 Å². The Balaban J connectivity index is 1.53. The van der Waals surface area contributed by atoms with Gasteiger partial charge in [0.25, 0.3) is 0 Å². The van der Waals surface area contributed by atoms with Gasteiger partial charge in [0.15, 0.2) is 0 Å². The molecule has 0 spiro atoms. The van der Waals surface area contributed by atoms with Crippen LogP contribution in [0.25, 0.3) is 75.2 Å². The Morgan fingerprint density at radius 2 is 0.789 bits per heavy atom. The second-order valence-corrected chi connectivity index (χ2v) is 21.4. The lowest BCUT2D eigenvalue weighted by Crippen LogP contribution is -2.11. The molecule has 0 aliphatic heterocycles. The molecule has 0 N–H and O–H groups in total. The first-order valence-corrected chi connectivity index (χ1v) is 21.1. The maximum Gasteiger partial charge on any atom is 0.101 e. The van der Waals surface area contributed by atoms with Crippen LogP contribution < -0.4 is 0 Å². The number of thiophene rings is 1. The van der Waals surface area contributed by atoms with E-state index in [1.807, 2.05) is 11.3 Å². The van der Waals surface area contributed by atoms with Gasteiger partial charge in [0.1, 0.15) is 6.07 Å². The molecule has 6 aromatic carbocycles. The van der Waals surface area contributed by atoms with Gasteiger partial charge in [0.2, 0.25) is 0 Å². The zero-order valence-corrected chi connectivity index (χ0v) is 36.4. The summed E-state index contributed by atoms with van der Waals surface area (Å²) in [6.07, 6.45) is 0. The summed E-state index contributed by atoms with van der Waals surface area (Å²) in [5.74, 6) is 0. The van der Waals surface area contributed by atoms with Crippen molar-refractivity contribution in [1.29, 1.82) is 5.26 Å². The maximum atomic E-state index is 11.4. The average Bonchev–Trinajstić information content (AvgIpc) is 3.79. The Morgan fingerprint density at radius 3 is 1.16 bits per heavy atom. The molecular weight excluding hydrogens is 711 g/mol. The first-order valence-electron chi connectivity index (χ1n) is 20.3. The summed E-state index contributed by atoms with van der Waals surface area (Å²) in [5, 5.41) is 18.5. The first-order chi connectivity index (χ1) is 26.8. The van der Waals surface area contributed by atoms with Crippen LogP contribution in [-0.4, -0.2) is 9.13 Å². The lowest BCUT2D eigenvalue weighted by Gasteiger charge is -2.22. The van der Waals surface area contributed by atoms with Gasteiger partial charge in [-0.25, -0.2) is 0 Å². The van der Waals surface area contributed by atoms with Gasteiger partial charge in [0.05, 0.1) is 43.7 Å². The van der Waals surface area contributed by atoms with Crippen molar-refractivity contribution in [1.82, 2.24) is 9.13 Å². The monoisotopic (exact) mass is 763 g/mol. The van der Waals surface area contributed by atoms with Crippen LogP contribution in [0.1, 0.15) is 111 Å². The number of fused-ring (bicyclic) bond motifs is 9. The topological polar surface area (TPSA) is 33.6 Å². The number of rotatable bonds is 2. The molecule has 0 atom stereocenters. The minimum Gasteiger partial charge on any atom is -0.306 e. The smallest absolute Gasteiger partial charge is 0.101 e. The van der Waals surface area contributed by atoms with Gasteiger partial charge in [0, 0.05) is 37.0 Å². The summed E-state index contributed by atoms with van der Waals surface area (Å²) in [6, 6.07) is 41.6. The van der Waals surface area contributed by atoms with Gasteiger partial charge in [-0.2, -0.15) is 5.26 Å². The van der Waals surface area contributed by atoms with Gasteiger partial charge >= 0.3 is 0 Å². The molecule has 0 aliphatic rings. The first kappa shape index (κ1) is 37.2. The van der Waals surface area contributed by atoms with E-state index >= 15 is 0 Å². The van der Waals surface area contributed by atoms with Crippen molar-refractivity contribution in [3.05, 3.63) is 131 Å². The molecule has 9 aromatic rings. The van der Waals surface area contributed by atoms with Crippen molar-refractivity contribution in [2.45, 2.75) is 105 Å². The van der Waals surface area contributed by atoms with Crippen molar-refractivity contribution in [2.24, 2.45) is 0 Å². The third-order valence-electron chi connectivity index (χ3n) is 12.2. The zero-order chi connectivity index (χ0) is 40.6. The molecule has 3 aromatic heterocycles. The summed E-state index contributed by atoms with van der Waals surface area (Å²) in [5.41, 5.74) is 12.2. The van der Waals surface area contributed by atoms with E-state index in [-0.39, 0.29) is 21.7 Å². The molecule has 0 unspecified atom stereocenters. The molecule has 0 aliphatic carbocycles. The predicted octanol–water partition coefficient (Wildman–Crippen LogP) is 15.3. The molecule has 286 valence electrons. The highest BCUT2D eigenvalue weighted by molar-refractivity contribution is 7.26. The Bertz CT molecular complexity index is 3020. The Labute approximate surface area is 341 Å². The minimum atomic E-state index is -0.0238. The van der Waals surface area contributed by atoms with Crippen LogP contribution in [0.15, 0.2) is 103 Å². The second kappa shape index (κ2) is 12.3. The van der Waals surface area contributed by atoms with Crippen LogP contribution in [0, 0.1) is 11.3 Å². The lowest BCUT2D eigenvalue weighted by molar-refractivity contribution is 0.590. The molecule has 0 radical (unpaired) electrons. The molecule has 57 heavy (non-hydrogen) atoms. The summed E-state index contributed by atoms with van der Waals surface area (Å²) >= 11 is 1.83. The van der Waals surface area contributed by atoms with Crippen LogP contribution in [0.2, 0.25) is 0 Å². The quantitative estimate of drug-likeness (QED) is 0.173. The van der Waals surface area contributed by atoms with E-state index in [4.69, 9.17) is 0 Å². The molecule has 0 fully saturated rings. The predicted molar refractivity (Wildman–Crippen MR) is 248 cm³/mol. The number of nitrogens with zero attached hydrogens (tertiary/aromatic N) is 3. The van der Waals surface area contributed by atoms with E-state index < -0.39 is 0 Å². The molecule has 0 amide bonds. The van der Waals surface area contributed by atoms with E-state index in [1.54, 1.807) is 0 Å². The van der Waals surface area contributed by atoms with Crippen molar-refractivity contribution in [3.8, 4) is 17.4 Å². The summed E-state index contributed by atoms with van der Waals surface area (Å²) in [4.78, 5) is 0. The molecule has 3 nitrogen and oxygen atoms in total. The highest BCUT2D eigenvalue weighted by Crippen LogP contribution is 2.48. The normalized spacial score (nSPS) is 13.2. The van der Waals surface area contributed by atoms with E-state index in [1.165, 1.54) is 58.6 Å². The SMILES string of the molecule is CC(C)(C)c1ccc2c(c1)c1cc(C(C)(C)C)ccc1n2-c1c(C#N)cc2c(sc3ccccc32)c1-n1c2ccc(C(C)(C)C)cc2c2cc(C(C)(C)C)ccc21. The molecule has 0 saturated heterocycles. The van der Waals surface area contributed by atoms with Gasteiger partial charge in [-0.1, -0.05) is 126 Å². The van der Waals surface area contributed by atoms with Crippen LogP contribution in [-0.2, 0) is 21.7 Å². The van der Waals surface area contributed by atoms with Gasteiger partial charge < -0.3 is 9.13 Å². The Morgan fingerprint density at radius 1 is 0.421 bits per heavy atom. The van der Waals surface area contributed by atoms with Crippen molar-refractivity contribution >= 4 is 75.1 Å². The number of hydrogen-bond donors (Lipinski definition) is 0. The molecule has 4 heteroatoms. The Hall–Kier alpha value is -5.37. The number of hydrogen-bond acceptors (Lipinski definition) is 2. The van der Waals surface area contributed by atoms with Crippen molar-refractivity contribution < 1.29 is 0 Å². The maximum absolute atomic E-state index is 11.4. The van der Waals surface area contributed by atoms with Gasteiger partial charge in [-0.05, 0) is 105 Å². The van der Waals surface area contributed by atoms with E-state index in [0.717, 1.165) is 38.8 Å². The molecule has 0 saturated carbocycles. The highest BCUT2D eigenvalue weighted by Gasteiger charge is 2.29. The van der Waals surface area contributed by atoms with Crippen LogP contribution in [0.5, 0.6) is 0 Å². The molecular formula is C53H53N3S. The van der Waals surface area contributed by atoms with Crippen molar-refractivity contribution in [2.75, 3.05) is 0 Å². The standard InChI is InChI=1S/C53H53N3S/c1-50(2,3)32-17-21-42-37(26-32)38-27-33(51(4,5)6)18-22-43(38)55(42)47-31(30-54)25-41-36-15-13-14-16-46(36)57-49(41)48(47)56-44-23-19-34(52(7,8)9)28-39(44)40-29-35(53(10,11)12)20-24-45(40)56/h13-29H,1-12H3. The third-order valence-corrected chi connectivity index (χ3v) is 13.4. The molecule has 0 bridgehead atoms. The van der Waals surface area contributed by atoms with E-state index in [9.17, 15) is 5.26 Å². The van der Waals surface area contributed by atoms with E-state index in [0.29, 0.717) is 5.56 Å². The highest BCUT2D eigenvalue weighted by atomic mass is 32.1. The number of nitriles is 1.